The molecule has 2 aromatic rings. The first kappa shape index (κ1) is 33.0. The number of halogens is 7. The van der Waals surface area contributed by atoms with E-state index in [2.05, 4.69) is 9.88 Å². The van der Waals surface area contributed by atoms with E-state index < -0.39 is 45.6 Å². The maximum absolute atomic E-state index is 14.7. The fraction of sp³-hybridized carbons (Fsp3) is 0.480. The Morgan fingerprint density at radius 3 is 2.12 bits per heavy atom. The number of aromatic nitrogens is 1. The molecule has 0 bridgehead atoms. The lowest BCUT2D eigenvalue weighted by Gasteiger charge is -2.32. The van der Waals surface area contributed by atoms with Gasteiger partial charge in [-0.15, -0.1) is 0 Å². The van der Waals surface area contributed by atoms with Crippen molar-refractivity contribution in [1.29, 1.82) is 0 Å². The molecular formula is C25H26F7N3O6S. The molecule has 2 heterocycles. The Bertz CT molecular complexity index is 1390. The molecule has 1 saturated heterocycles. The van der Waals surface area contributed by atoms with Crippen LogP contribution in [0.5, 0.6) is 5.88 Å². The largest absolute Gasteiger partial charge is 0.490 e. The lowest BCUT2D eigenvalue weighted by molar-refractivity contribution is -0.192. The van der Waals surface area contributed by atoms with Crippen LogP contribution in [0, 0.1) is 5.82 Å². The SMILES string of the molecule is CS(=O)(=O)NC(=O)c1cc(C2CC2)c(CN2CCC(Oc3ccc(C(F)(F)F)cn3)CC2)cc1F.O=C(O)C(F)(F)F. The molecule has 1 aliphatic carbocycles. The molecule has 2 aliphatic rings. The van der Waals surface area contributed by atoms with Crippen molar-refractivity contribution in [2.24, 2.45) is 0 Å². The van der Waals surface area contributed by atoms with Gasteiger partial charge in [0.05, 0.1) is 17.4 Å². The number of carbonyl (C=O) groups is 2. The van der Waals surface area contributed by atoms with E-state index in [0.29, 0.717) is 32.5 Å². The van der Waals surface area contributed by atoms with Gasteiger partial charge in [-0.1, -0.05) is 0 Å². The fourth-order valence-corrected chi connectivity index (χ4v) is 4.60. The summed E-state index contributed by atoms with van der Waals surface area (Å²) in [6.45, 7) is 1.72. The van der Waals surface area contributed by atoms with Crippen molar-refractivity contribution in [3.05, 3.63) is 58.5 Å². The van der Waals surface area contributed by atoms with E-state index in [1.807, 2.05) is 0 Å². The maximum Gasteiger partial charge on any atom is 0.490 e. The number of likely N-dealkylation sites (tertiary alicyclic amines) is 1. The molecule has 1 aliphatic heterocycles. The molecule has 0 atom stereocenters. The molecular weight excluding hydrogens is 603 g/mol. The number of sulfonamides is 1. The third-order valence-electron chi connectivity index (χ3n) is 6.29. The minimum atomic E-state index is -5.08. The summed E-state index contributed by atoms with van der Waals surface area (Å²) >= 11 is 0. The highest BCUT2D eigenvalue weighted by Gasteiger charge is 2.38. The van der Waals surface area contributed by atoms with E-state index in [0.717, 1.165) is 42.5 Å². The number of alkyl halides is 6. The molecule has 9 nitrogen and oxygen atoms in total. The number of ether oxygens (including phenoxy) is 1. The Kier molecular flexibility index (Phi) is 10.1. The van der Waals surface area contributed by atoms with Gasteiger partial charge in [-0.2, -0.15) is 26.3 Å². The summed E-state index contributed by atoms with van der Waals surface area (Å²) in [5.74, 6) is -4.18. The molecule has 2 fully saturated rings. The van der Waals surface area contributed by atoms with Crippen LogP contribution in [0.2, 0.25) is 0 Å². The second-order valence-corrected chi connectivity index (χ2v) is 11.5. The number of nitrogens with zero attached hydrogens (tertiary/aromatic N) is 2. The second kappa shape index (κ2) is 12.8. The molecule has 0 spiro atoms. The number of aliphatic carboxylic acids is 1. The third kappa shape index (κ3) is 9.82. The zero-order chi connectivity index (χ0) is 31.5. The molecule has 17 heteroatoms. The number of amides is 1. The average Bonchev–Trinajstić information content (AvgIpc) is 3.69. The van der Waals surface area contributed by atoms with Gasteiger partial charge in [-0.3, -0.25) is 9.69 Å². The van der Waals surface area contributed by atoms with Gasteiger partial charge in [0, 0.05) is 31.9 Å². The zero-order valence-corrected chi connectivity index (χ0v) is 22.7. The number of hydrogen-bond donors (Lipinski definition) is 2. The minimum absolute atomic E-state index is 0.137. The van der Waals surface area contributed by atoms with Gasteiger partial charge in [0.15, 0.2) is 0 Å². The van der Waals surface area contributed by atoms with Crippen LogP contribution in [0.3, 0.4) is 0 Å². The van der Waals surface area contributed by atoms with E-state index in [1.54, 1.807) is 4.72 Å². The molecule has 1 amide bonds. The van der Waals surface area contributed by atoms with Crippen LogP contribution in [-0.2, 0) is 27.5 Å². The van der Waals surface area contributed by atoms with Gasteiger partial charge in [0.25, 0.3) is 5.91 Å². The second-order valence-electron chi connectivity index (χ2n) is 9.79. The summed E-state index contributed by atoms with van der Waals surface area (Å²) in [6, 6.07) is 4.90. The molecule has 4 rings (SSSR count). The van der Waals surface area contributed by atoms with E-state index >= 15 is 0 Å². The van der Waals surface area contributed by atoms with Crippen LogP contribution < -0.4 is 9.46 Å². The number of carbonyl (C=O) groups excluding carboxylic acids is 1. The first-order chi connectivity index (χ1) is 19.3. The number of hydrogen-bond acceptors (Lipinski definition) is 7. The summed E-state index contributed by atoms with van der Waals surface area (Å²) in [7, 11) is -3.82. The van der Waals surface area contributed by atoms with Crippen molar-refractivity contribution in [2.45, 2.75) is 56.6 Å². The third-order valence-corrected chi connectivity index (χ3v) is 6.85. The van der Waals surface area contributed by atoms with Crippen molar-refractivity contribution in [2.75, 3.05) is 19.3 Å². The number of nitrogens with one attached hydrogen (secondary N) is 1. The Morgan fingerprint density at radius 1 is 1.07 bits per heavy atom. The first-order valence-corrected chi connectivity index (χ1v) is 14.3. The van der Waals surface area contributed by atoms with Crippen molar-refractivity contribution in [3.63, 3.8) is 0 Å². The number of benzene rings is 1. The van der Waals surface area contributed by atoms with Crippen LogP contribution in [0.1, 0.15) is 58.6 Å². The first-order valence-electron chi connectivity index (χ1n) is 12.4. The summed E-state index contributed by atoms with van der Waals surface area (Å²) in [5, 5.41) is 7.12. The predicted molar refractivity (Wildman–Crippen MR) is 133 cm³/mol. The molecule has 0 unspecified atom stereocenters. The lowest BCUT2D eigenvalue weighted by Crippen LogP contribution is -2.38. The van der Waals surface area contributed by atoms with Gasteiger partial charge in [0.2, 0.25) is 15.9 Å². The molecule has 0 radical (unpaired) electrons. The van der Waals surface area contributed by atoms with Crippen LogP contribution >= 0.6 is 0 Å². The monoisotopic (exact) mass is 629 g/mol. The Morgan fingerprint density at radius 2 is 1.67 bits per heavy atom. The normalized spacial score (nSPS) is 16.8. The van der Waals surface area contributed by atoms with Crippen LogP contribution in [-0.4, -0.2) is 66.9 Å². The van der Waals surface area contributed by atoms with Gasteiger partial charge < -0.3 is 9.84 Å². The van der Waals surface area contributed by atoms with Gasteiger partial charge in [-0.25, -0.2) is 27.3 Å². The van der Waals surface area contributed by atoms with Gasteiger partial charge in [0.1, 0.15) is 11.9 Å². The Labute approximate surface area is 235 Å². The lowest BCUT2D eigenvalue weighted by atomic mass is 9.97. The fourth-order valence-electron chi connectivity index (χ4n) is 4.15. The number of piperidine rings is 1. The van der Waals surface area contributed by atoms with Gasteiger partial charge >= 0.3 is 18.3 Å². The van der Waals surface area contributed by atoms with E-state index in [-0.39, 0.29) is 23.5 Å². The van der Waals surface area contributed by atoms with E-state index in [1.165, 1.54) is 18.2 Å². The number of carboxylic acids is 1. The van der Waals surface area contributed by atoms with Crippen molar-refractivity contribution < 1.29 is 58.6 Å². The van der Waals surface area contributed by atoms with E-state index in [9.17, 15) is 43.9 Å². The highest BCUT2D eigenvalue weighted by molar-refractivity contribution is 7.89. The molecule has 1 saturated carbocycles. The highest BCUT2D eigenvalue weighted by atomic mass is 32.2. The quantitative estimate of drug-likeness (QED) is 0.430. The summed E-state index contributed by atoms with van der Waals surface area (Å²) < 4.78 is 115. The Hall–Kier alpha value is -3.47. The van der Waals surface area contributed by atoms with Crippen LogP contribution in [0.15, 0.2) is 30.5 Å². The predicted octanol–water partition coefficient (Wildman–Crippen LogP) is 4.48. The number of carboxylic acid groups (broad SMARTS) is 1. The smallest absolute Gasteiger partial charge is 0.475 e. The molecule has 1 aromatic heterocycles. The van der Waals surface area contributed by atoms with Crippen LogP contribution in [0.4, 0.5) is 30.7 Å². The van der Waals surface area contributed by atoms with Gasteiger partial charge in [-0.05, 0) is 60.9 Å². The molecule has 232 valence electrons. The highest BCUT2D eigenvalue weighted by Crippen LogP contribution is 2.43. The standard InChI is InChI=1S/C23H25F4N3O4S.C2HF3O2/c1-35(32,33)29-22(31)19-11-18(14-2-3-14)15(10-20(19)24)13-30-8-6-17(7-9-30)34-21-5-4-16(12-28-21)23(25,26)27;3-2(4,5)1(6)7/h4-5,10-12,14,17H,2-3,6-9,13H2,1H3,(H,29,31);(H,6,7). The number of pyridine rings is 1. The number of rotatable bonds is 7. The van der Waals surface area contributed by atoms with Crippen molar-refractivity contribution in [1.82, 2.24) is 14.6 Å². The van der Waals surface area contributed by atoms with E-state index in [4.69, 9.17) is 14.6 Å². The summed E-state index contributed by atoms with van der Waals surface area (Å²) in [4.78, 5) is 27.0. The molecule has 1 aromatic carbocycles. The summed E-state index contributed by atoms with van der Waals surface area (Å²) in [5.41, 5.74) is 0.470. The van der Waals surface area contributed by atoms with Crippen LogP contribution in [0.25, 0.3) is 0 Å². The average molecular weight is 630 g/mol. The van der Waals surface area contributed by atoms with Crippen molar-refractivity contribution in [3.8, 4) is 5.88 Å². The Balaban J connectivity index is 0.000000616. The minimum Gasteiger partial charge on any atom is -0.475 e. The molecule has 42 heavy (non-hydrogen) atoms. The topological polar surface area (TPSA) is 126 Å². The zero-order valence-electron chi connectivity index (χ0n) is 21.9. The molecule has 2 N–H and O–H groups in total. The summed E-state index contributed by atoms with van der Waals surface area (Å²) in [6.07, 6.45) is -5.07. The maximum atomic E-state index is 14.7. The van der Waals surface area contributed by atoms with Crippen molar-refractivity contribution >= 4 is 21.9 Å².